The summed E-state index contributed by atoms with van der Waals surface area (Å²) in [5.74, 6) is -0.0256. The van der Waals surface area contributed by atoms with E-state index < -0.39 is 5.92 Å². The van der Waals surface area contributed by atoms with Gasteiger partial charge in [-0.3, -0.25) is 10.5 Å². The van der Waals surface area contributed by atoms with Gasteiger partial charge in [-0.2, -0.15) is 5.26 Å². The zero-order valence-electron chi connectivity index (χ0n) is 16.4. The molecule has 0 spiro atoms. The topological polar surface area (TPSA) is 94.8 Å². The molecule has 0 saturated carbocycles. The maximum atomic E-state index is 9.80. The van der Waals surface area contributed by atoms with E-state index in [1.165, 1.54) is 0 Å². The molecule has 0 fully saturated rings. The Bertz CT molecular complexity index is 1060. The van der Waals surface area contributed by atoms with Crippen molar-refractivity contribution in [2.45, 2.75) is 26.2 Å². The maximum absolute atomic E-state index is 9.80. The lowest BCUT2D eigenvalue weighted by Crippen LogP contribution is -2.30. The van der Waals surface area contributed by atoms with Crippen LogP contribution in [-0.4, -0.2) is 22.7 Å². The van der Waals surface area contributed by atoms with Crippen molar-refractivity contribution in [1.82, 2.24) is 10.2 Å². The van der Waals surface area contributed by atoms with E-state index in [-0.39, 0.29) is 11.8 Å². The van der Waals surface area contributed by atoms with Crippen LogP contribution in [-0.2, 0) is 0 Å². The molecule has 2 aromatic carbocycles. The molecule has 29 heavy (non-hydrogen) atoms. The lowest BCUT2D eigenvalue weighted by atomic mass is 9.79. The van der Waals surface area contributed by atoms with Gasteiger partial charge in [-0.25, -0.2) is 0 Å². The molecular weight excluding hydrogens is 364 g/mol. The van der Waals surface area contributed by atoms with Gasteiger partial charge in [0.15, 0.2) is 0 Å². The molecule has 4 rings (SSSR count). The van der Waals surface area contributed by atoms with Crippen LogP contribution in [0.25, 0.3) is 11.3 Å². The molecule has 2 atom stereocenters. The molecule has 1 aliphatic heterocycles. The summed E-state index contributed by atoms with van der Waals surface area (Å²) in [7, 11) is 0. The molecule has 0 aliphatic carbocycles. The monoisotopic (exact) mass is 386 g/mol. The summed E-state index contributed by atoms with van der Waals surface area (Å²) in [5, 5.41) is 25.3. The second-order valence-electron chi connectivity index (χ2n) is 7.15. The quantitative estimate of drug-likeness (QED) is 0.657. The van der Waals surface area contributed by atoms with Gasteiger partial charge < -0.3 is 9.47 Å². The minimum Gasteiger partial charge on any atom is -0.494 e. The molecule has 0 amide bonds. The van der Waals surface area contributed by atoms with Gasteiger partial charge in [-0.05, 0) is 36.6 Å². The number of nitrogens with zero attached hydrogens (tertiary/aromatic N) is 2. The molecule has 146 valence electrons. The minimum atomic E-state index is -0.730. The first-order valence-corrected chi connectivity index (χ1v) is 9.66. The normalized spacial score (nSPS) is 17.9. The van der Waals surface area contributed by atoms with Crippen molar-refractivity contribution >= 4 is 5.90 Å². The van der Waals surface area contributed by atoms with E-state index in [1.807, 2.05) is 55.5 Å². The smallest absolute Gasteiger partial charge is 0.244 e. The first-order valence-electron chi connectivity index (χ1n) is 9.66. The number of nitriles is 1. The number of nitrogens with one attached hydrogen (secondary N) is 2. The summed E-state index contributed by atoms with van der Waals surface area (Å²) in [6.45, 7) is 4.76. The standard InChI is InChI=1S/C23H22N4O2/c1-3-12-28-17-10-8-15(9-11-17)19-18(13-24)22(25)29-23-20(19)21(26-27-23)16-6-4-14(2)5-7-16/h4-11,18-19,25H,3,12H2,1-2H3,(H,26,27). The third-order valence-electron chi connectivity index (χ3n) is 5.09. The van der Waals surface area contributed by atoms with Crippen LogP contribution in [0.1, 0.15) is 36.0 Å². The highest BCUT2D eigenvalue weighted by Gasteiger charge is 2.40. The third kappa shape index (κ3) is 3.47. The SMILES string of the molecule is CCCOc1ccc(C2c3c(n[nH]c3-c3ccc(C)cc3)OC(=N)C2C#N)cc1. The summed E-state index contributed by atoms with van der Waals surface area (Å²) in [6.07, 6.45) is 0.938. The summed E-state index contributed by atoms with van der Waals surface area (Å²) in [6, 6.07) is 18.1. The Balaban J connectivity index is 1.81. The van der Waals surface area contributed by atoms with Crippen molar-refractivity contribution in [3.8, 4) is 29.0 Å². The van der Waals surface area contributed by atoms with E-state index in [1.54, 1.807) is 0 Å². The predicted octanol–water partition coefficient (Wildman–Crippen LogP) is 4.82. The summed E-state index contributed by atoms with van der Waals surface area (Å²) in [5.41, 5.74) is 4.66. The summed E-state index contributed by atoms with van der Waals surface area (Å²) in [4.78, 5) is 0. The highest BCUT2D eigenvalue weighted by molar-refractivity contribution is 5.86. The number of aromatic nitrogens is 2. The van der Waals surface area contributed by atoms with Crippen LogP contribution in [0.4, 0.5) is 0 Å². The first kappa shape index (κ1) is 18.8. The number of hydrogen-bond acceptors (Lipinski definition) is 5. The Kier molecular flexibility index (Phi) is 5.05. The molecule has 2 heterocycles. The maximum Gasteiger partial charge on any atom is 0.244 e. The minimum absolute atomic E-state index is 0.0849. The predicted molar refractivity (Wildman–Crippen MR) is 110 cm³/mol. The van der Waals surface area contributed by atoms with Crippen molar-refractivity contribution in [3.05, 3.63) is 65.2 Å². The fraction of sp³-hybridized carbons (Fsp3) is 0.261. The van der Waals surface area contributed by atoms with Crippen LogP contribution in [0.3, 0.4) is 0 Å². The number of rotatable bonds is 5. The molecule has 6 heteroatoms. The van der Waals surface area contributed by atoms with E-state index in [4.69, 9.17) is 14.9 Å². The molecule has 1 aromatic heterocycles. The molecule has 3 aromatic rings. The molecule has 6 nitrogen and oxygen atoms in total. The number of aryl methyl sites for hydroxylation is 1. The molecule has 2 unspecified atom stereocenters. The van der Waals surface area contributed by atoms with Gasteiger partial charge in [0, 0.05) is 5.92 Å². The Hall–Kier alpha value is -3.59. The number of H-pyrrole nitrogens is 1. The van der Waals surface area contributed by atoms with Crippen LogP contribution in [0.5, 0.6) is 11.6 Å². The van der Waals surface area contributed by atoms with E-state index in [9.17, 15) is 5.26 Å². The van der Waals surface area contributed by atoms with E-state index in [0.29, 0.717) is 12.5 Å². The molecule has 0 bridgehead atoms. The zero-order valence-corrected chi connectivity index (χ0v) is 16.4. The Labute approximate surface area is 169 Å². The highest BCUT2D eigenvalue weighted by Crippen LogP contribution is 2.45. The average Bonchev–Trinajstić information content (AvgIpc) is 3.15. The Morgan fingerprint density at radius 3 is 2.55 bits per heavy atom. The molecular formula is C23H22N4O2. The molecule has 0 radical (unpaired) electrons. The lowest BCUT2D eigenvalue weighted by Gasteiger charge is -2.28. The van der Waals surface area contributed by atoms with Crippen LogP contribution in [0.15, 0.2) is 48.5 Å². The van der Waals surface area contributed by atoms with E-state index in [0.717, 1.165) is 40.1 Å². The number of aromatic amines is 1. The Morgan fingerprint density at radius 2 is 1.90 bits per heavy atom. The van der Waals surface area contributed by atoms with Crippen LogP contribution in [0.2, 0.25) is 0 Å². The average molecular weight is 386 g/mol. The third-order valence-corrected chi connectivity index (χ3v) is 5.09. The van der Waals surface area contributed by atoms with Crippen molar-refractivity contribution < 1.29 is 9.47 Å². The van der Waals surface area contributed by atoms with E-state index in [2.05, 4.69) is 23.2 Å². The molecule has 1 aliphatic rings. The second kappa shape index (κ2) is 7.80. The van der Waals surface area contributed by atoms with Crippen molar-refractivity contribution in [3.63, 3.8) is 0 Å². The summed E-state index contributed by atoms with van der Waals surface area (Å²) < 4.78 is 11.3. The van der Waals surface area contributed by atoms with Crippen molar-refractivity contribution in [1.29, 1.82) is 10.7 Å². The fourth-order valence-corrected chi connectivity index (χ4v) is 3.61. The van der Waals surface area contributed by atoms with Gasteiger partial charge in [0.2, 0.25) is 11.8 Å². The van der Waals surface area contributed by atoms with E-state index >= 15 is 0 Å². The van der Waals surface area contributed by atoms with Gasteiger partial charge in [-0.1, -0.05) is 48.9 Å². The summed E-state index contributed by atoms with van der Waals surface area (Å²) >= 11 is 0. The zero-order chi connectivity index (χ0) is 20.4. The largest absolute Gasteiger partial charge is 0.494 e. The number of benzene rings is 2. The number of fused-ring (bicyclic) bond motifs is 1. The van der Waals surface area contributed by atoms with Crippen molar-refractivity contribution in [2.24, 2.45) is 5.92 Å². The second-order valence-corrected chi connectivity index (χ2v) is 7.15. The lowest BCUT2D eigenvalue weighted by molar-refractivity contribution is 0.317. The van der Waals surface area contributed by atoms with Gasteiger partial charge in [0.25, 0.3) is 0 Å². The Morgan fingerprint density at radius 1 is 1.17 bits per heavy atom. The van der Waals surface area contributed by atoms with Crippen LogP contribution < -0.4 is 9.47 Å². The number of ether oxygens (including phenoxy) is 2. The highest BCUT2D eigenvalue weighted by atomic mass is 16.5. The number of hydrogen-bond donors (Lipinski definition) is 2. The van der Waals surface area contributed by atoms with Crippen LogP contribution >= 0.6 is 0 Å². The van der Waals surface area contributed by atoms with Gasteiger partial charge in [-0.15, -0.1) is 5.10 Å². The van der Waals surface area contributed by atoms with Crippen LogP contribution in [0, 0.1) is 29.6 Å². The van der Waals surface area contributed by atoms with Crippen molar-refractivity contribution in [2.75, 3.05) is 6.61 Å². The fourth-order valence-electron chi connectivity index (χ4n) is 3.61. The van der Waals surface area contributed by atoms with Gasteiger partial charge >= 0.3 is 0 Å². The van der Waals surface area contributed by atoms with Gasteiger partial charge in [0.1, 0.15) is 11.7 Å². The molecule has 2 N–H and O–H groups in total. The first-order chi connectivity index (χ1) is 14.1. The molecule has 0 saturated heterocycles. The van der Waals surface area contributed by atoms with Gasteiger partial charge in [0.05, 0.1) is 23.9 Å².